The molecular formula is C14H19N3O. The Hall–Kier alpha value is -1.68. The Morgan fingerprint density at radius 2 is 1.83 bits per heavy atom. The fourth-order valence-corrected chi connectivity index (χ4v) is 1.81. The van der Waals surface area contributed by atoms with Gasteiger partial charge in [0.05, 0.1) is 6.04 Å². The Balaban J connectivity index is 2.17. The van der Waals surface area contributed by atoms with Crippen LogP contribution in [0.25, 0.3) is 11.5 Å². The predicted molar refractivity (Wildman–Crippen MR) is 70.9 cm³/mol. The first-order valence-corrected chi connectivity index (χ1v) is 6.22. The fraction of sp³-hybridized carbons (Fsp3) is 0.429. The predicted octanol–water partition coefficient (Wildman–Crippen LogP) is 3.09. The first-order chi connectivity index (χ1) is 8.56. The lowest BCUT2D eigenvalue weighted by Crippen LogP contribution is -2.13. The Labute approximate surface area is 107 Å². The quantitative estimate of drug-likeness (QED) is 0.899. The van der Waals surface area contributed by atoms with Gasteiger partial charge in [-0.3, -0.25) is 0 Å². The molecular weight excluding hydrogens is 226 g/mol. The number of rotatable bonds is 4. The number of nitrogens with two attached hydrogens (primary N) is 1. The van der Waals surface area contributed by atoms with E-state index in [9.17, 15) is 0 Å². The second-order valence-electron chi connectivity index (χ2n) is 5.05. The van der Waals surface area contributed by atoms with Gasteiger partial charge < -0.3 is 10.2 Å². The summed E-state index contributed by atoms with van der Waals surface area (Å²) in [6, 6.07) is 7.80. The molecule has 0 radical (unpaired) electrons. The second-order valence-corrected chi connectivity index (χ2v) is 5.05. The van der Waals surface area contributed by atoms with E-state index < -0.39 is 0 Å². The molecule has 1 aromatic carbocycles. The zero-order valence-corrected chi connectivity index (χ0v) is 11.1. The Kier molecular flexibility index (Phi) is 3.77. The SMILES string of the molecule is Cc1ccc(-c2nnc(C(N)CC(C)C)o2)cc1. The summed E-state index contributed by atoms with van der Waals surface area (Å²) in [5.41, 5.74) is 8.15. The van der Waals surface area contributed by atoms with Crippen LogP contribution in [0.5, 0.6) is 0 Å². The van der Waals surface area contributed by atoms with Gasteiger partial charge in [-0.2, -0.15) is 0 Å². The Morgan fingerprint density at radius 1 is 1.17 bits per heavy atom. The van der Waals surface area contributed by atoms with Crippen molar-refractivity contribution in [3.8, 4) is 11.5 Å². The van der Waals surface area contributed by atoms with E-state index in [-0.39, 0.29) is 6.04 Å². The highest BCUT2D eigenvalue weighted by molar-refractivity contribution is 5.52. The van der Waals surface area contributed by atoms with Crippen LogP contribution in [0.4, 0.5) is 0 Å². The van der Waals surface area contributed by atoms with Crippen molar-refractivity contribution in [3.63, 3.8) is 0 Å². The third kappa shape index (κ3) is 2.96. The number of benzene rings is 1. The third-order valence-electron chi connectivity index (χ3n) is 2.78. The lowest BCUT2D eigenvalue weighted by atomic mass is 10.0. The Bertz CT molecular complexity index is 502. The van der Waals surface area contributed by atoms with Crippen molar-refractivity contribution in [2.75, 3.05) is 0 Å². The number of hydrogen-bond donors (Lipinski definition) is 1. The van der Waals surface area contributed by atoms with Crippen LogP contribution in [0.15, 0.2) is 28.7 Å². The van der Waals surface area contributed by atoms with Crippen molar-refractivity contribution < 1.29 is 4.42 Å². The van der Waals surface area contributed by atoms with Crippen LogP contribution >= 0.6 is 0 Å². The first kappa shape index (κ1) is 12.8. The van der Waals surface area contributed by atoms with E-state index in [0.29, 0.717) is 17.7 Å². The monoisotopic (exact) mass is 245 g/mol. The Morgan fingerprint density at radius 3 is 2.44 bits per heavy atom. The molecule has 96 valence electrons. The molecule has 1 aromatic heterocycles. The molecule has 4 heteroatoms. The van der Waals surface area contributed by atoms with Crippen molar-refractivity contribution >= 4 is 0 Å². The van der Waals surface area contributed by atoms with E-state index in [1.54, 1.807) is 0 Å². The van der Waals surface area contributed by atoms with Crippen LogP contribution in [0.3, 0.4) is 0 Å². The molecule has 0 aliphatic carbocycles. The van der Waals surface area contributed by atoms with Gasteiger partial charge in [0.1, 0.15) is 0 Å². The molecule has 0 aliphatic rings. The van der Waals surface area contributed by atoms with Crippen LogP contribution in [-0.4, -0.2) is 10.2 Å². The van der Waals surface area contributed by atoms with E-state index >= 15 is 0 Å². The summed E-state index contributed by atoms with van der Waals surface area (Å²) in [5.74, 6) is 1.55. The lowest BCUT2D eigenvalue weighted by Gasteiger charge is -2.08. The summed E-state index contributed by atoms with van der Waals surface area (Å²) in [6.45, 7) is 6.29. The van der Waals surface area contributed by atoms with Gasteiger partial charge >= 0.3 is 0 Å². The lowest BCUT2D eigenvalue weighted by molar-refractivity contribution is 0.408. The molecule has 0 saturated heterocycles. The normalized spacial score (nSPS) is 12.9. The summed E-state index contributed by atoms with van der Waals surface area (Å²) in [6.07, 6.45) is 0.843. The summed E-state index contributed by atoms with van der Waals surface area (Å²) in [4.78, 5) is 0. The number of hydrogen-bond acceptors (Lipinski definition) is 4. The van der Waals surface area contributed by atoms with Crippen molar-refractivity contribution in [1.29, 1.82) is 0 Å². The summed E-state index contributed by atoms with van der Waals surface area (Å²) in [5, 5.41) is 8.07. The molecule has 2 rings (SSSR count). The molecule has 2 N–H and O–H groups in total. The third-order valence-corrected chi connectivity index (χ3v) is 2.78. The summed E-state index contributed by atoms with van der Waals surface area (Å²) < 4.78 is 5.63. The first-order valence-electron chi connectivity index (χ1n) is 6.22. The zero-order valence-electron chi connectivity index (χ0n) is 11.1. The minimum absolute atomic E-state index is 0.184. The molecule has 0 bridgehead atoms. The van der Waals surface area contributed by atoms with Crippen LogP contribution in [-0.2, 0) is 0 Å². The molecule has 1 heterocycles. The van der Waals surface area contributed by atoms with Gasteiger partial charge in [-0.05, 0) is 31.4 Å². The highest BCUT2D eigenvalue weighted by Gasteiger charge is 2.16. The maximum absolute atomic E-state index is 6.02. The van der Waals surface area contributed by atoms with Crippen molar-refractivity contribution in [3.05, 3.63) is 35.7 Å². The molecule has 0 saturated carbocycles. The molecule has 18 heavy (non-hydrogen) atoms. The maximum atomic E-state index is 6.02. The number of aromatic nitrogens is 2. The fourth-order valence-electron chi connectivity index (χ4n) is 1.81. The molecule has 0 aliphatic heterocycles. The van der Waals surface area contributed by atoms with Crippen molar-refractivity contribution in [2.45, 2.75) is 33.2 Å². The summed E-state index contributed by atoms with van der Waals surface area (Å²) >= 11 is 0. The van der Waals surface area contributed by atoms with E-state index in [4.69, 9.17) is 10.2 Å². The minimum atomic E-state index is -0.184. The second kappa shape index (κ2) is 5.31. The van der Waals surface area contributed by atoms with Gasteiger partial charge in [0, 0.05) is 5.56 Å². The molecule has 1 unspecified atom stereocenters. The number of nitrogens with zero attached hydrogens (tertiary/aromatic N) is 2. The molecule has 0 spiro atoms. The van der Waals surface area contributed by atoms with Crippen LogP contribution in [0.2, 0.25) is 0 Å². The van der Waals surface area contributed by atoms with Gasteiger partial charge in [-0.1, -0.05) is 31.5 Å². The van der Waals surface area contributed by atoms with Crippen LogP contribution < -0.4 is 5.73 Å². The van der Waals surface area contributed by atoms with Gasteiger partial charge in [-0.25, -0.2) is 0 Å². The van der Waals surface area contributed by atoms with Crippen molar-refractivity contribution in [2.24, 2.45) is 11.7 Å². The average molecular weight is 245 g/mol. The van der Waals surface area contributed by atoms with E-state index in [1.807, 2.05) is 31.2 Å². The highest BCUT2D eigenvalue weighted by Crippen LogP contribution is 2.23. The molecule has 2 aromatic rings. The smallest absolute Gasteiger partial charge is 0.247 e. The molecule has 0 amide bonds. The number of aryl methyl sites for hydroxylation is 1. The van der Waals surface area contributed by atoms with Crippen molar-refractivity contribution in [1.82, 2.24) is 10.2 Å². The van der Waals surface area contributed by atoms with E-state index in [2.05, 4.69) is 24.0 Å². The minimum Gasteiger partial charge on any atom is -0.419 e. The summed E-state index contributed by atoms with van der Waals surface area (Å²) in [7, 11) is 0. The largest absolute Gasteiger partial charge is 0.419 e. The van der Waals surface area contributed by atoms with Gasteiger partial charge in [0.25, 0.3) is 0 Å². The molecule has 4 nitrogen and oxygen atoms in total. The highest BCUT2D eigenvalue weighted by atomic mass is 16.4. The van der Waals surface area contributed by atoms with E-state index in [0.717, 1.165) is 12.0 Å². The van der Waals surface area contributed by atoms with Gasteiger partial charge in [0.15, 0.2) is 0 Å². The van der Waals surface area contributed by atoms with Gasteiger partial charge in [0.2, 0.25) is 11.8 Å². The molecule has 1 atom stereocenters. The average Bonchev–Trinajstić information content (AvgIpc) is 2.78. The van der Waals surface area contributed by atoms with Crippen LogP contribution in [0.1, 0.15) is 37.8 Å². The molecule has 0 fully saturated rings. The van der Waals surface area contributed by atoms with E-state index in [1.165, 1.54) is 5.56 Å². The van der Waals surface area contributed by atoms with Gasteiger partial charge in [-0.15, -0.1) is 10.2 Å². The topological polar surface area (TPSA) is 64.9 Å². The zero-order chi connectivity index (χ0) is 13.1. The van der Waals surface area contributed by atoms with Crippen LogP contribution in [0, 0.1) is 12.8 Å². The maximum Gasteiger partial charge on any atom is 0.247 e. The standard InChI is InChI=1S/C14H19N3O/c1-9(2)8-12(15)14-17-16-13(18-14)11-6-4-10(3)5-7-11/h4-7,9,12H,8,15H2,1-3H3.